The van der Waals surface area contributed by atoms with E-state index in [9.17, 15) is 19.7 Å². The minimum Gasteiger partial charge on any atom is -0.475 e. The molecule has 2 rings (SSSR count). The fourth-order valence-corrected chi connectivity index (χ4v) is 2.81. The Morgan fingerprint density at radius 2 is 2.08 bits per heavy atom. The first-order valence-electron chi connectivity index (χ1n) is 7.94. The maximum absolute atomic E-state index is 11.1. The minimum atomic E-state index is -0.608. The van der Waals surface area contributed by atoms with Crippen LogP contribution in [0.2, 0.25) is 0 Å². The SMILES string of the molecule is NC(=O)CCC(Oc1ccc([N+](=O)[O-])c(C=O)c1)N1CCCCC1. The van der Waals surface area contributed by atoms with E-state index in [-0.39, 0.29) is 23.9 Å². The highest BCUT2D eigenvalue weighted by Crippen LogP contribution is 2.25. The summed E-state index contributed by atoms with van der Waals surface area (Å²) >= 11 is 0. The van der Waals surface area contributed by atoms with Gasteiger partial charge in [-0.15, -0.1) is 0 Å². The number of nitrogens with zero attached hydrogens (tertiary/aromatic N) is 2. The highest BCUT2D eigenvalue weighted by atomic mass is 16.6. The molecule has 1 saturated heterocycles. The Kier molecular flexibility index (Phi) is 6.25. The maximum atomic E-state index is 11.1. The van der Waals surface area contributed by atoms with Gasteiger partial charge in [0.1, 0.15) is 5.75 Å². The van der Waals surface area contributed by atoms with Gasteiger partial charge in [-0.3, -0.25) is 24.6 Å². The van der Waals surface area contributed by atoms with Crippen molar-refractivity contribution < 1.29 is 19.2 Å². The largest absolute Gasteiger partial charge is 0.475 e. The van der Waals surface area contributed by atoms with Gasteiger partial charge in [0.25, 0.3) is 5.69 Å². The molecule has 1 aliphatic rings. The molecule has 0 aliphatic carbocycles. The van der Waals surface area contributed by atoms with Crippen molar-refractivity contribution >= 4 is 17.9 Å². The summed E-state index contributed by atoms with van der Waals surface area (Å²) in [6.45, 7) is 1.72. The topological polar surface area (TPSA) is 116 Å². The van der Waals surface area contributed by atoms with E-state index in [1.54, 1.807) is 0 Å². The van der Waals surface area contributed by atoms with Crippen molar-refractivity contribution in [2.75, 3.05) is 13.1 Å². The molecule has 8 nitrogen and oxygen atoms in total. The maximum Gasteiger partial charge on any atom is 0.280 e. The number of carbonyl (C=O) groups excluding carboxylic acids is 2. The number of rotatable bonds is 8. The molecule has 8 heteroatoms. The van der Waals surface area contributed by atoms with E-state index >= 15 is 0 Å². The number of piperidine rings is 1. The number of benzene rings is 1. The summed E-state index contributed by atoms with van der Waals surface area (Å²) in [4.78, 5) is 34.6. The third kappa shape index (κ3) is 4.76. The van der Waals surface area contributed by atoms with Gasteiger partial charge in [0.15, 0.2) is 12.5 Å². The van der Waals surface area contributed by atoms with Crippen molar-refractivity contribution in [3.63, 3.8) is 0 Å². The lowest BCUT2D eigenvalue weighted by Gasteiger charge is -2.34. The summed E-state index contributed by atoms with van der Waals surface area (Å²) in [5.41, 5.74) is 4.93. The van der Waals surface area contributed by atoms with Crippen LogP contribution < -0.4 is 10.5 Å². The molecule has 130 valence electrons. The second-order valence-electron chi connectivity index (χ2n) is 5.77. The molecule has 0 saturated carbocycles. The zero-order valence-electron chi connectivity index (χ0n) is 13.3. The number of nitrogens with two attached hydrogens (primary N) is 1. The van der Waals surface area contributed by atoms with Crippen LogP contribution >= 0.6 is 0 Å². The average molecular weight is 335 g/mol. The van der Waals surface area contributed by atoms with Gasteiger partial charge >= 0.3 is 0 Å². The summed E-state index contributed by atoms with van der Waals surface area (Å²) in [5.74, 6) is -0.0411. The van der Waals surface area contributed by atoms with Gasteiger partial charge in [-0.05, 0) is 25.0 Å². The van der Waals surface area contributed by atoms with E-state index in [2.05, 4.69) is 4.90 Å². The van der Waals surface area contributed by atoms with Gasteiger partial charge in [0, 0.05) is 32.0 Å². The van der Waals surface area contributed by atoms with Gasteiger partial charge in [-0.2, -0.15) is 0 Å². The predicted molar refractivity (Wildman–Crippen MR) is 86.8 cm³/mol. The van der Waals surface area contributed by atoms with Crippen LogP contribution in [0.25, 0.3) is 0 Å². The van der Waals surface area contributed by atoms with Gasteiger partial charge in [-0.1, -0.05) is 6.42 Å². The molecule has 1 atom stereocenters. The molecule has 0 aromatic heterocycles. The predicted octanol–water partition coefficient (Wildman–Crippen LogP) is 1.86. The number of nitro benzene ring substituents is 1. The molecular weight excluding hydrogens is 314 g/mol. The van der Waals surface area contributed by atoms with E-state index in [1.807, 2.05) is 0 Å². The first-order valence-corrected chi connectivity index (χ1v) is 7.94. The van der Waals surface area contributed by atoms with Crippen LogP contribution in [0.3, 0.4) is 0 Å². The molecule has 1 fully saturated rings. The average Bonchev–Trinajstić information content (AvgIpc) is 2.58. The number of primary amides is 1. The molecule has 24 heavy (non-hydrogen) atoms. The molecule has 0 radical (unpaired) electrons. The Balaban J connectivity index is 2.16. The molecule has 0 bridgehead atoms. The third-order valence-electron chi connectivity index (χ3n) is 4.03. The number of hydrogen-bond acceptors (Lipinski definition) is 6. The molecule has 1 aliphatic heterocycles. The second-order valence-corrected chi connectivity index (χ2v) is 5.77. The number of aldehydes is 1. The molecule has 1 aromatic rings. The standard InChI is InChI=1S/C16H21N3O5/c17-15(21)6-7-16(18-8-2-1-3-9-18)24-13-4-5-14(19(22)23)12(10-13)11-20/h4-5,10-11,16H,1-3,6-9H2,(H2,17,21). The smallest absolute Gasteiger partial charge is 0.280 e. The van der Waals surface area contributed by atoms with Crippen LogP contribution in [0.4, 0.5) is 5.69 Å². The molecular formula is C16H21N3O5. The Hall–Kier alpha value is -2.48. The summed E-state index contributed by atoms with van der Waals surface area (Å²) in [5, 5.41) is 10.9. The number of ether oxygens (including phenoxy) is 1. The van der Waals surface area contributed by atoms with E-state index < -0.39 is 10.8 Å². The molecule has 0 spiro atoms. The van der Waals surface area contributed by atoms with Crippen LogP contribution in [-0.2, 0) is 4.79 Å². The van der Waals surface area contributed by atoms with E-state index in [4.69, 9.17) is 10.5 Å². The van der Waals surface area contributed by atoms with E-state index in [1.165, 1.54) is 18.2 Å². The van der Waals surface area contributed by atoms with Crippen molar-refractivity contribution in [3.8, 4) is 5.75 Å². The van der Waals surface area contributed by atoms with Crippen molar-refractivity contribution in [3.05, 3.63) is 33.9 Å². The zero-order valence-corrected chi connectivity index (χ0v) is 13.3. The number of hydrogen-bond donors (Lipinski definition) is 1. The zero-order chi connectivity index (χ0) is 17.5. The van der Waals surface area contributed by atoms with Crippen LogP contribution in [0.1, 0.15) is 42.5 Å². The third-order valence-corrected chi connectivity index (χ3v) is 4.03. The van der Waals surface area contributed by atoms with Gasteiger partial charge in [0.2, 0.25) is 5.91 Å². The summed E-state index contributed by atoms with van der Waals surface area (Å²) in [7, 11) is 0. The second kappa shape index (κ2) is 8.39. The molecule has 1 unspecified atom stereocenters. The number of amides is 1. The first kappa shape index (κ1) is 17.9. The van der Waals surface area contributed by atoms with Crippen molar-refractivity contribution in [1.82, 2.24) is 4.90 Å². The summed E-state index contributed by atoms with van der Waals surface area (Å²) < 4.78 is 5.92. The van der Waals surface area contributed by atoms with E-state index in [0.717, 1.165) is 32.4 Å². The lowest BCUT2D eigenvalue weighted by atomic mass is 10.1. The Morgan fingerprint density at radius 3 is 2.67 bits per heavy atom. The van der Waals surface area contributed by atoms with E-state index in [0.29, 0.717) is 18.5 Å². The molecule has 1 heterocycles. The highest BCUT2D eigenvalue weighted by molar-refractivity contribution is 5.82. The lowest BCUT2D eigenvalue weighted by Crippen LogP contribution is -2.43. The fourth-order valence-electron chi connectivity index (χ4n) is 2.81. The van der Waals surface area contributed by atoms with Gasteiger partial charge in [0.05, 0.1) is 10.5 Å². The molecule has 1 amide bonds. The van der Waals surface area contributed by atoms with Crippen LogP contribution in [-0.4, -0.2) is 41.3 Å². The Labute approximate surface area is 139 Å². The van der Waals surface area contributed by atoms with Gasteiger partial charge in [-0.25, -0.2) is 0 Å². The Morgan fingerprint density at radius 1 is 1.38 bits per heavy atom. The monoisotopic (exact) mass is 335 g/mol. The quantitative estimate of drug-likeness (QED) is 0.440. The fraction of sp³-hybridized carbons (Fsp3) is 0.500. The number of nitro groups is 1. The van der Waals surface area contributed by atoms with Crippen LogP contribution in [0.5, 0.6) is 5.75 Å². The minimum absolute atomic E-state index is 0.0372. The number of likely N-dealkylation sites (tertiary alicyclic amines) is 1. The summed E-state index contributed by atoms with van der Waals surface area (Å²) in [6, 6.07) is 4.07. The first-order chi connectivity index (χ1) is 11.5. The van der Waals surface area contributed by atoms with Crippen LogP contribution in [0, 0.1) is 10.1 Å². The Bertz CT molecular complexity index is 614. The highest BCUT2D eigenvalue weighted by Gasteiger charge is 2.23. The molecule has 1 aromatic carbocycles. The van der Waals surface area contributed by atoms with Crippen molar-refractivity contribution in [2.45, 2.75) is 38.3 Å². The lowest BCUT2D eigenvalue weighted by molar-refractivity contribution is -0.385. The normalized spacial score (nSPS) is 16.3. The van der Waals surface area contributed by atoms with Crippen molar-refractivity contribution in [1.29, 1.82) is 0 Å². The summed E-state index contributed by atoms with van der Waals surface area (Å²) in [6.07, 6.45) is 3.97. The number of carbonyl (C=O) groups is 2. The van der Waals surface area contributed by atoms with Crippen LogP contribution in [0.15, 0.2) is 18.2 Å². The van der Waals surface area contributed by atoms with Gasteiger partial charge < -0.3 is 10.5 Å². The molecule has 2 N–H and O–H groups in total. The van der Waals surface area contributed by atoms with Crippen molar-refractivity contribution in [2.24, 2.45) is 5.73 Å².